The summed E-state index contributed by atoms with van der Waals surface area (Å²) in [5.41, 5.74) is 2.91. The smallest absolute Gasteiger partial charge is 0.241 e. The van der Waals surface area contributed by atoms with E-state index in [2.05, 4.69) is 32.0 Å². The Hall–Kier alpha value is -2.26. The number of thioether (sulfide) groups is 1. The van der Waals surface area contributed by atoms with Crippen molar-refractivity contribution in [2.75, 3.05) is 11.9 Å². The van der Waals surface area contributed by atoms with Crippen LogP contribution in [0.3, 0.4) is 0 Å². The van der Waals surface area contributed by atoms with Crippen LogP contribution in [0, 0.1) is 12.7 Å². The van der Waals surface area contributed by atoms with Crippen molar-refractivity contribution in [1.29, 1.82) is 0 Å². The fourth-order valence-corrected chi connectivity index (χ4v) is 6.75. The maximum atomic E-state index is 13.3. The predicted molar refractivity (Wildman–Crippen MR) is 132 cm³/mol. The lowest BCUT2D eigenvalue weighted by Gasteiger charge is -2.23. The van der Waals surface area contributed by atoms with E-state index in [4.69, 9.17) is 0 Å². The van der Waals surface area contributed by atoms with Gasteiger partial charge in [-0.1, -0.05) is 0 Å². The molecule has 0 saturated carbocycles. The first-order chi connectivity index (χ1) is 15.5. The molecular weight excluding hydrogens is 461 g/mol. The second kappa shape index (κ2) is 9.31. The van der Waals surface area contributed by atoms with Crippen LogP contribution in [0.1, 0.15) is 17.0 Å². The molecule has 0 bridgehead atoms. The highest BCUT2D eigenvalue weighted by Gasteiger charge is 2.37. The second-order valence-corrected chi connectivity index (χ2v) is 11.3. The van der Waals surface area contributed by atoms with Crippen LogP contribution in [0.2, 0.25) is 0 Å². The van der Waals surface area contributed by atoms with Crippen molar-refractivity contribution in [2.24, 2.45) is 0 Å². The Bertz CT molecular complexity index is 1220. The van der Waals surface area contributed by atoms with Gasteiger partial charge in [-0.15, -0.1) is 23.1 Å². The number of aromatic nitrogens is 1. The molecule has 0 aliphatic carbocycles. The molecule has 0 spiro atoms. The van der Waals surface area contributed by atoms with Gasteiger partial charge in [-0.05, 0) is 78.2 Å². The third kappa shape index (κ3) is 4.88. The van der Waals surface area contributed by atoms with Crippen LogP contribution in [-0.2, 0) is 11.3 Å². The Morgan fingerprint density at radius 1 is 1.25 bits per heavy atom. The molecule has 1 aliphatic heterocycles. The highest BCUT2D eigenvalue weighted by Crippen LogP contribution is 2.34. The van der Waals surface area contributed by atoms with Crippen molar-refractivity contribution in [2.45, 2.75) is 36.1 Å². The van der Waals surface area contributed by atoms with Crippen molar-refractivity contribution in [3.8, 4) is 0 Å². The average molecular weight is 484 g/mol. The molecule has 32 heavy (non-hydrogen) atoms. The third-order valence-corrected chi connectivity index (χ3v) is 8.41. The minimum atomic E-state index is -0.232. The topological polar surface area (TPSA) is 45.2 Å². The first-order valence-corrected chi connectivity index (χ1v) is 13.0. The first kappa shape index (κ1) is 21.6. The van der Waals surface area contributed by atoms with E-state index in [1.54, 1.807) is 34.4 Å². The molecule has 164 valence electrons. The Balaban J connectivity index is 1.32. The molecule has 2 aromatic carbocycles. The number of likely N-dealkylation sites (tertiary alicyclic amines) is 1. The monoisotopic (exact) mass is 483 g/mol. The standard InChI is InChI=1S/C24H22FN3OS3/c1-15-26-21-10-18(4-7-23(21)31-15)27-24(29)22-11-20(32-19-5-2-17(25)3-6-19)13-28(22)12-16-8-9-30-14-16/h2-10,14,20,22H,11-13H2,1H3,(H,27,29)/t20-,22-/m0/s1. The summed E-state index contributed by atoms with van der Waals surface area (Å²) in [6, 6.07) is 14.4. The number of hydrogen-bond donors (Lipinski definition) is 1. The Kier molecular flexibility index (Phi) is 6.28. The van der Waals surface area contributed by atoms with E-state index in [-0.39, 0.29) is 23.0 Å². The van der Waals surface area contributed by atoms with Gasteiger partial charge in [0.05, 0.1) is 21.3 Å². The van der Waals surface area contributed by atoms with Crippen LogP contribution in [0.5, 0.6) is 0 Å². The number of anilines is 1. The van der Waals surface area contributed by atoms with Gasteiger partial charge >= 0.3 is 0 Å². The lowest BCUT2D eigenvalue weighted by Crippen LogP contribution is -2.39. The Morgan fingerprint density at radius 2 is 2.09 bits per heavy atom. The zero-order valence-electron chi connectivity index (χ0n) is 17.5. The van der Waals surface area contributed by atoms with Crippen LogP contribution >= 0.6 is 34.4 Å². The van der Waals surface area contributed by atoms with Crippen molar-refractivity contribution < 1.29 is 9.18 Å². The predicted octanol–water partition coefficient (Wildman–Crippen LogP) is 6.18. The fraction of sp³-hybridized carbons (Fsp3) is 0.250. The number of halogens is 1. The summed E-state index contributed by atoms with van der Waals surface area (Å²) in [5.74, 6) is -0.224. The summed E-state index contributed by atoms with van der Waals surface area (Å²) >= 11 is 5.04. The molecule has 4 nitrogen and oxygen atoms in total. The molecule has 5 rings (SSSR count). The highest BCUT2D eigenvalue weighted by molar-refractivity contribution is 8.00. The van der Waals surface area contributed by atoms with E-state index in [0.29, 0.717) is 0 Å². The molecule has 0 radical (unpaired) electrons. The number of carbonyl (C=O) groups excluding carboxylic acids is 1. The van der Waals surface area contributed by atoms with E-state index in [9.17, 15) is 9.18 Å². The summed E-state index contributed by atoms with van der Waals surface area (Å²) < 4.78 is 14.4. The van der Waals surface area contributed by atoms with Gasteiger partial charge in [0.25, 0.3) is 0 Å². The third-order valence-electron chi connectivity index (χ3n) is 5.51. The number of amides is 1. The highest BCUT2D eigenvalue weighted by atomic mass is 32.2. The van der Waals surface area contributed by atoms with E-state index in [1.807, 2.05) is 37.3 Å². The minimum Gasteiger partial charge on any atom is -0.325 e. The van der Waals surface area contributed by atoms with Crippen LogP contribution in [-0.4, -0.2) is 33.6 Å². The number of hydrogen-bond acceptors (Lipinski definition) is 6. The van der Waals surface area contributed by atoms with Crippen LogP contribution in [0.15, 0.2) is 64.2 Å². The molecule has 8 heteroatoms. The number of aryl methyl sites for hydroxylation is 1. The Labute approximate surface area is 198 Å². The molecule has 3 heterocycles. The van der Waals surface area contributed by atoms with Crippen molar-refractivity contribution in [3.05, 3.63) is 75.7 Å². The van der Waals surface area contributed by atoms with Crippen molar-refractivity contribution in [3.63, 3.8) is 0 Å². The number of benzene rings is 2. The number of nitrogens with one attached hydrogen (secondary N) is 1. The number of nitrogens with zero attached hydrogens (tertiary/aromatic N) is 2. The van der Waals surface area contributed by atoms with E-state index < -0.39 is 0 Å². The summed E-state index contributed by atoms with van der Waals surface area (Å²) in [5, 5.41) is 8.59. The summed E-state index contributed by atoms with van der Waals surface area (Å²) in [7, 11) is 0. The molecule has 0 unspecified atom stereocenters. The van der Waals surface area contributed by atoms with E-state index in [0.717, 1.165) is 45.3 Å². The largest absolute Gasteiger partial charge is 0.325 e. The van der Waals surface area contributed by atoms with Crippen molar-refractivity contribution >= 4 is 56.2 Å². The minimum absolute atomic E-state index is 0.00809. The van der Waals surface area contributed by atoms with Gasteiger partial charge in [0.2, 0.25) is 5.91 Å². The normalized spacial score (nSPS) is 18.9. The number of carbonyl (C=O) groups is 1. The maximum Gasteiger partial charge on any atom is 0.241 e. The van der Waals surface area contributed by atoms with Crippen molar-refractivity contribution in [1.82, 2.24) is 9.88 Å². The number of thiophene rings is 1. The fourth-order valence-electron chi connectivity index (χ4n) is 4.06. The summed E-state index contributed by atoms with van der Waals surface area (Å²) in [6.45, 7) is 3.54. The van der Waals surface area contributed by atoms with Gasteiger partial charge in [-0.25, -0.2) is 9.37 Å². The van der Waals surface area contributed by atoms with Crippen LogP contribution in [0.25, 0.3) is 10.2 Å². The van der Waals surface area contributed by atoms with Gasteiger partial charge < -0.3 is 5.32 Å². The van der Waals surface area contributed by atoms with Gasteiger partial charge in [-0.3, -0.25) is 9.69 Å². The van der Waals surface area contributed by atoms with Crippen LogP contribution < -0.4 is 5.32 Å². The van der Waals surface area contributed by atoms with Crippen LogP contribution in [0.4, 0.5) is 10.1 Å². The number of thiazole rings is 1. The van der Waals surface area contributed by atoms with Gasteiger partial charge in [-0.2, -0.15) is 11.3 Å². The molecule has 1 amide bonds. The number of fused-ring (bicyclic) bond motifs is 1. The second-order valence-electron chi connectivity index (χ2n) is 7.91. The van der Waals surface area contributed by atoms with E-state index in [1.165, 1.54) is 17.7 Å². The Morgan fingerprint density at radius 3 is 2.88 bits per heavy atom. The van der Waals surface area contributed by atoms with Gasteiger partial charge in [0, 0.05) is 28.9 Å². The lowest BCUT2D eigenvalue weighted by molar-refractivity contribution is -0.120. The maximum absolute atomic E-state index is 13.3. The average Bonchev–Trinajstić information content (AvgIpc) is 3.49. The number of rotatable bonds is 6. The molecule has 4 aromatic rings. The quantitative estimate of drug-likeness (QED) is 0.356. The molecule has 1 saturated heterocycles. The molecule has 1 fully saturated rings. The lowest BCUT2D eigenvalue weighted by atomic mass is 10.2. The zero-order chi connectivity index (χ0) is 22.1. The molecule has 1 aliphatic rings. The molecule has 2 aromatic heterocycles. The van der Waals surface area contributed by atoms with Gasteiger partial charge in [0.1, 0.15) is 5.82 Å². The SMILES string of the molecule is Cc1nc2cc(NC(=O)[C@@H]3C[C@H](Sc4ccc(F)cc4)CN3Cc3ccsc3)ccc2s1. The van der Waals surface area contributed by atoms with E-state index >= 15 is 0 Å². The summed E-state index contributed by atoms with van der Waals surface area (Å²) in [6.07, 6.45) is 0.746. The summed E-state index contributed by atoms with van der Waals surface area (Å²) in [4.78, 5) is 21.1. The zero-order valence-corrected chi connectivity index (χ0v) is 19.9. The molecule has 1 N–H and O–H groups in total. The van der Waals surface area contributed by atoms with Gasteiger partial charge in [0.15, 0.2) is 0 Å². The first-order valence-electron chi connectivity index (χ1n) is 10.4. The molecule has 2 atom stereocenters. The molecular formula is C24H22FN3OS3.